The van der Waals surface area contributed by atoms with Crippen molar-refractivity contribution in [2.75, 3.05) is 6.54 Å². The molecule has 1 aliphatic heterocycles. The summed E-state index contributed by atoms with van der Waals surface area (Å²) >= 11 is 0. The van der Waals surface area contributed by atoms with E-state index in [0.29, 0.717) is 12.6 Å². The number of nitriles is 1. The zero-order valence-electron chi connectivity index (χ0n) is 13.1. The molecule has 4 heteroatoms. The summed E-state index contributed by atoms with van der Waals surface area (Å²) in [5, 5.41) is 12.1. The number of carbonyl (C=O) groups excluding carboxylic acids is 1. The minimum Gasteiger partial charge on any atom is -0.373 e. The fraction of sp³-hybridized carbons (Fsp3) is 0.444. The van der Waals surface area contributed by atoms with Crippen LogP contribution in [0.5, 0.6) is 0 Å². The van der Waals surface area contributed by atoms with Crippen LogP contribution in [0.2, 0.25) is 0 Å². The first-order valence-corrected chi connectivity index (χ1v) is 7.94. The molecule has 1 amide bonds. The Morgan fingerprint density at radius 2 is 2.18 bits per heavy atom. The molecule has 0 bridgehead atoms. The van der Waals surface area contributed by atoms with Crippen molar-refractivity contribution >= 4 is 5.91 Å². The van der Waals surface area contributed by atoms with Crippen LogP contribution in [0.4, 0.5) is 0 Å². The molecule has 0 aromatic heterocycles. The van der Waals surface area contributed by atoms with Gasteiger partial charge >= 0.3 is 0 Å². The number of hydrogen-bond donors (Lipinski definition) is 1. The van der Waals surface area contributed by atoms with Gasteiger partial charge in [0.2, 0.25) is 0 Å². The number of rotatable bonds is 5. The summed E-state index contributed by atoms with van der Waals surface area (Å²) in [5.41, 5.74) is 1.22. The molecule has 0 spiro atoms. The van der Waals surface area contributed by atoms with Gasteiger partial charge in [0.15, 0.2) is 0 Å². The summed E-state index contributed by atoms with van der Waals surface area (Å²) in [6, 6.07) is 12.2. The molecule has 1 fully saturated rings. The highest BCUT2D eigenvalue weighted by molar-refractivity contribution is 5.97. The second-order valence-corrected chi connectivity index (χ2v) is 5.62. The molecule has 1 aromatic rings. The van der Waals surface area contributed by atoms with Crippen LogP contribution in [0.25, 0.3) is 0 Å². The summed E-state index contributed by atoms with van der Waals surface area (Å²) in [4.78, 5) is 14.3. The third-order valence-electron chi connectivity index (χ3n) is 4.10. The first-order chi connectivity index (χ1) is 10.7. The Morgan fingerprint density at radius 3 is 2.86 bits per heavy atom. The molecule has 1 heterocycles. The summed E-state index contributed by atoms with van der Waals surface area (Å²) in [7, 11) is 0. The van der Waals surface area contributed by atoms with Crippen LogP contribution in [0.1, 0.15) is 38.2 Å². The van der Waals surface area contributed by atoms with Crippen LogP contribution in [0.15, 0.2) is 42.1 Å². The first kappa shape index (κ1) is 16.1. The monoisotopic (exact) mass is 297 g/mol. The van der Waals surface area contributed by atoms with E-state index in [-0.39, 0.29) is 11.5 Å². The Kier molecular flexibility index (Phi) is 6.02. The van der Waals surface area contributed by atoms with Crippen molar-refractivity contribution in [1.82, 2.24) is 10.2 Å². The second-order valence-electron chi connectivity index (χ2n) is 5.62. The van der Waals surface area contributed by atoms with Gasteiger partial charge in [-0.1, -0.05) is 37.3 Å². The number of likely N-dealkylation sites (tertiary alicyclic amines) is 1. The van der Waals surface area contributed by atoms with Gasteiger partial charge in [0.1, 0.15) is 11.6 Å². The number of nitrogens with one attached hydrogen (secondary N) is 1. The Morgan fingerprint density at radius 1 is 1.41 bits per heavy atom. The number of piperidine rings is 1. The van der Waals surface area contributed by atoms with Crippen molar-refractivity contribution < 1.29 is 4.79 Å². The average Bonchev–Trinajstić information content (AvgIpc) is 2.58. The molecule has 4 nitrogen and oxygen atoms in total. The largest absolute Gasteiger partial charge is 0.373 e. The number of benzene rings is 1. The van der Waals surface area contributed by atoms with Crippen LogP contribution in [-0.2, 0) is 11.3 Å². The van der Waals surface area contributed by atoms with Crippen molar-refractivity contribution in [2.45, 2.75) is 45.2 Å². The van der Waals surface area contributed by atoms with E-state index in [1.807, 2.05) is 36.4 Å². The predicted molar refractivity (Wildman–Crippen MR) is 86.6 cm³/mol. The number of carbonyl (C=O) groups is 1. The molecule has 116 valence electrons. The van der Waals surface area contributed by atoms with Crippen LogP contribution in [0.3, 0.4) is 0 Å². The van der Waals surface area contributed by atoms with Gasteiger partial charge in [0.05, 0.1) is 0 Å². The first-order valence-electron chi connectivity index (χ1n) is 7.94. The van der Waals surface area contributed by atoms with E-state index in [9.17, 15) is 10.1 Å². The maximum Gasteiger partial charge on any atom is 0.263 e. The molecule has 1 unspecified atom stereocenters. The van der Waals surface area contributed by atoms with Crippen molar-refractivity contribution in [3.05, 3.63) is 47.7 Å². The molecule has 0 saturated carbocycles. The molecule has 2 rings (SSSR count). The molecule has 1 atom stereocenters. The SMILES string of the molecule is CCC1CCCCN1/C=C(/C#N)C(=O)NCc1ccccc1. The lowest BCUT2D eigenvalue weighted by Gasteiger charge is -2.34. The maximum atomic E-state index is 12.2. The zero-order chi connectivity index (χ0) is 15.8. The van der Waals surface area contributed by atoms with E-state index in [2.05, 4.69) is 17.1 Å². The summed E-state index contributed by atoms with van der Waals surface area (Å²) in [6.45, 7) is 3.52. The minimum atomic E-state index is -0.299. The Labute approximate surface area is 132 Å². The molecule has 0 radical (unpaired) electrons. The highest BCUT2D eigenvalue weighted by Gasteiger charge is 2.20. The minimum absolute atomic E-state index is 0.191. The highest BCUT2D eigenvalue weighted by atomic mass is 16.1. The van der Waals surface area contributed by atoms with E-state index >= 15 is 0 Å². The van der Waals surface area contributed by atoms with Crippen LogP contribution in [0, 0.1) is 11.3 Å². The van der Waals surface area contributed by atoms with Crippen molar-refractivity contribution in [1.29, 1.82) is 5.26 Å². The van der Waals surface area contributed by atoms with Gasteiger partial charge < -0.3 is 10.2 Å². The van der Waals surface area contributed by atoms with Crippen LogP contribution < -0.4 is 5.32 Å². The summed E-state index contributed by atoms with van der Waals surface area (Å²) in [6.07, 6.45) is 6.27. The normalized spacial score (nSPS) is 18.6. The van der Waals surface area contributed by atoms with E-state index < -0.39 is 0 Å². The average molecular weight is 297 g/mol. The van der Waals surface area contributed by atoms with E-state index in [4.69, 9.17) is 0 Å². The fourth-order valence-corrected chi connectivity index (χ4v) is 2.81. The lowest BCUT2D eigenvalue weighted by atomic mass is 10.0. The molecule has 1 saturated heterocycles. The quantitative estimate of drug-likeness (QED) is 0.671. The van der Waals surface area contributed by atoms with Gasteiger partial charge in [-0.25, -0.2) is 0 Å². The molecular weight excluding hydrogens is 274 g/mol. The molecule has 1 N–H and O–H groups in total. The van der Waals surface area contributed by atoms with Gasteiger partial charge in [-0.15, -0.1) is 0 Å². The zero-order valence-corrected chi connectivity index (χ0v) is 13.1. The molecule has 1 aromatic carbocycles. The Hall–Kier alpha value is -2.28. The van der Waals surface area contributed by atoms with E-state index in [1.165, 1.54) is 6.42 Å². The van der Waals surface area contributed by atoms with Gasteiger partial charge in [-0.05, 0) is 31.2 Å². The lowest BCUT2D eigenvalue weighted by Crippen LogP contribution is -2.36. The maximum absolute atomic E-state index is 12.2. The van der Waals surface area contributed by atoms with Gasteiger partial charge in [-0.3, -0.25) is 4.79 Å². The van der Waals surface area contributed by atoms with Gasteiger partial charge in [-0.2, -0.15) is 5.26 Å². The van der Waals surface area contributed by atoms with Crippen LogP contribution in [-0.4, -0.2) is 23.4 Å². The Bertz CT molecular complexity index is 559. The molecule has 22 heavy (non-hydrogen) atoms. The summed E-state index contributed by atoms with van der Waals surface area (Å²) < 4.78 is 0. The second kappa shape index (κ2) is 8.23. The highest BCUT2D eigenvalue weighted by Crippen LogP contribution is 2.20. The standard InChI is InChI=1S/C18H23N3O/c1-2-17-10-6-7-11-21(17)14-16(12-19)18(22)20-13-15-8-4-3-5-9-15/h3-5,8-9,14,17H,2,6-7,10-11,13H2,1H3,(H,20,22)/b16-14-. The van der Waals surface area contributed by atoms with Crippen LogP contribution >= 0.6 is 0 Å². The molecular formula is C18H23N3O. The lowest BCUT2D eigenvalue weighted by molar-refractivity contribution is -0.117. The third kappa shape index (κ3) is 4.36. The number of nitrogens with zero attached hydrogens (tertiary/aromatic N) is 2. The molecule has 1 aliphatic rings. The topological polar surface area (TPSA) is 56.1 Å². The van der Waals surface area contributed by atoms with Gasteiger partial charge in [0, 0.05) is 25.3 Å². The smallest absolute Gasteiger partial charge is 0.263 e. The van der Waals surface area contributed by atoms with E-state index in [0.717, 1.165) is 31.4 Å². The Balaban J connectivity index is 1.99. The number of hydrogen-bond acceptors (Lipinski definition) is 3. The summed E-state index contributed by atoms with van der Waals surface area (Å²) in [5.74, 6) is -0.299. The predicted octanol–water partition coefficient (Wildman–Crippen LogP) is 2.97. The fourth-order valence-electron chi connectivity index (χ4n) is 2.81. The van der Waals surface area contributed by atoms with E-state index in [1.54, 1.807) is 6.20 Å². The van der Waals surface area contributed by atoms with Crippen molar-refractivity contribution in [2.24, 2.45) is 0 Å². The van der Waals surface area contributed by atoms with Gasteiger partial charge in [0.25, 0.3) is 5.91 Å². The third-order valence-corrected chi connectivity index (χ3v) is 4.10. The molecule has 0 aliphatic carbocycles. The van der Waals surface area contributed by atoms with Crippen molar-refractivity contribution in [3.63, 3.8) is 0 Å². The van der Waals surface area contributed by atoms with Crippen molar-refractivity contribution in [3.8, 4) is 6.07 Å². The number of amides is 1.